The number of carbonyl (C=O) groups is 1. The quantitative estimate of drug-likeness (QED) is 0.140. The van der Waals surface area contributed by atoms with Gasteiger partial charge in [-0.25, -0.2) is 8.42 Å². The summed E-state index contributed by atoms with van der Waals surface area (Å²) < 4.78 is 59.3. The number of fused-ring (bicyclic) bond motifs is 1. The maximum atomic E-state index is 14.2. The molecule has 2 aliphatic heterocycles. The molecule has 4 atom stereocenters. The molecule has 0 aromatic heterocycles. The fraction of sp³-hybridized carbons (Fsp3) is 0.525. The lowest BCUT2D eigenvalue weighted by molar-refractivity contribution is -0.118. The Morgan fingerprint density at radius 1 is 1.02 bits per heavy atom. The van der Waals surface area contributed by atoms with Crippen LogP contribution in [0.15, 0.2) is 71.6 Å². The molecule has 0 spiro atoms. The van der Waals surface area contributed by atoms with Gasteiger partial charge < -0.3 is 28.6 Å². The molecule has 0 N–H and O–H groups in total. The zero-order chi connectivity index (χ0) is 36.4. The molecule has 10 nitrogen and oxygen atoms in total. The molecule has 3 aromatic rings. The zero-order valence-electron chi connectivity index (χ0n) is 30.7. The van der Waals surface area contributed by atoms with Crippen LogP contribution in [0.3, 0.4) is 0 Å². The highest BCUT2D eigenvalue weighted by atomic mass is 32.2. The van der Waals surface area contributed by atoms with Gasteiger partial charge in [0.15, 0.2) is 0 Å². The fourth-order valence-electron chi connectivity index (χ4n) is 6.97. The van der Waals surface area contributed by atoms with Crippen LogP contribution in [0, 0.1) is 6.92 Å². The number of anilines is 1. The lowest BCUT2D eigenvalue weighted by Crippen LogP contribution is -2.52. The van der Waals surface area contributed by atoms with Gasteiger partial charge in [0.25, 0.3) is 0 Å². The lowest BCUT2D eigenvalue weighted by Gasteiger charge is -2.43. The summed E-state index contributed by atoms with van der Waals surface area (Å²) in [5.74, 6) is 0.650. The summed E-state index contributed by atoms with van der Waals surface area (Å²) in [7, 11) is -2.20. The van der Waals surface area contributed by atoms with E-state index in [2.05, 4.69) is 35.2 Å². The van der Waals surface area contributed by atoms with E-state index in [4.69, 9.17) is 23.7 Å². The largest absolute Gasteiger partial charge is 0.490 e. The summed E-state index contributed by atoms with van der Waals surface area (Å²) >= 11 is 0. The number of methoxy groups -OCH3 is 1. The minimum atomic E-state index is -3.91. The smallest absolute Gasteiger partial charge is 0.243 e. The van der Waals surface area contributed by atoms with Crippen molar-refractivity contribution < 1.29 is 36.9 Å². The Morgan fingerprint density at radius 3 is 2.47 bits per heavy atom. The van der Waals surface area contributed by atoms with Crippen molar-refractivity contribution in [2.75, 3.05) is 58.1 Å². The van der Waals surface area contributed by atoms with Gasteiger partial charge in [-0.05, 0) is 81.5 Å². The second-order valence-corrected chi connectivity index (χ2v) is 15.5. The van der Waals surface area contributed by atoms with E-state index in [-0.39, 0.29) is 35.7 Å². The van der Waals surface area contributed by atoms with Crippen LogP contribution in [0.1, 0.15) is 68.2 Å². The van der Waals surface area contributed by atoms with Crippen LogP contribution < -0.4 is 9.64 Å². The second-order valence-electron chi connectivity index (χ2n) is 13.6. The second kappa shape index (κ2) is 18.4. The molecule has 0 radical (unpaired) electrons. The van der Waals surface area contributed by atoms with Gasteiger partial charge in [0.05, 0.1) is 49.2 Å². The Hall–Kier alpha value is -3.32. The zero-order valence-corrected chi connectivity index (χ0v) is 31.5. The Bertz CT molecular complexity index is 1660. The van der Waals surface area contributed by atoms with Crippen LogP contribution in [0.4, 0.5) is 5.69 Å². The van der Waals surface area contributed by atoms with E-state index in [1.54, 1.807) is 31.4 Å². The summed E-state index contributed by atoms with van der Waals surface area (Å²) in [5.41, 5.74) is 5.04. The summed E-state index contributed by atoms with van der Waals surface area (Å²) in [5, 5.41) is 0. The van der Waals surface area contributed by atoms with E-state index in [1.165, 1.54) is 11.2 Å². The van der Waals surface area contributed by atoms with Gasteiger partial charge in [-0.15, -0.1) is 0 Å². The van der Waals surface area contributed by atoms with Crippen molar-refractivity contribution in [2.24, 2.45) is 0 Å². The molecule has 0 aliphatic carbocycles. The number of piperidine rings is 1. The van der Waals surface area contributed by atoms with E-state index >= 15 is 0 Å². The first-order chi connectivity index (χ1) is 24.6. The van der Waals surface area contributed by atoms with E-state index in [9.17, 15) is 13.2 Å². The van der Waals surface area contributed by atoms with E-state index in [0.717, 1.165) is 53.2 Å². The minimum Gasteiger partial charge on any atom is -0.490 e. The maximum absolute atomic E-state index is 14.2. The Labute approximate surface area is 304 Å². The van der Waals surface area contributed by atoms with Gasteiger partial charge in [0.2, 0.25) is 10.0 Å². The van der Waals surface area contributed by atoms with Crippen LogP contribution >= 0.6 is 0 Å². The number of aryl methyl sites for hydroxylation is 1. The van der Waals surface area contributed by atoms with Crippen molar-refractivity contribution >= 4 is 21.5 Å². The number of nitrogens with zero attached hydrogens (tertiary/aromatic N) is 2. The highest BCUT2D eigenvalue weighted by molar-refractivity contribution is 7.89. The number of carbonyl (C=O) groups excluding carboxylic acids is 1. The molecule has 0 amide bonds. The molecule has 3 aromatic carbocycles. The van der Waals surface area contributed by atoms with E-state index in [1.807, 2.05) is 32.9 Å². The van der Waals surface area contributed by atoms with Crippen molar-refractivity contribution in [3.8, 4) is 5.75 Å². The highest BCUT2D eigenvalue weighted by Crippen LogP contribution is 2.39. The normalized spacial score (nSPS) is 20.1. The van der Waals surface area contributed by atoms with Crippen LogP contribution in [0.25, 0.3) is 0 Å². The molecule has 1 unspecified atom stereocenters. The molecule has 0 bridgehead atoms. The molecule has 2 aliphatic rings. The fourth-order valence-corrected chi connectivity index (χ4v) is 8.62. The van der Waals surface area contributed by atoms with Crippen LogP contribution in [-0.4, -0.2) is 89.9 Å². The molecule has 1 fully saturated rings. The first-order valence-electron chi connectivity index (χ1n) is 18.1. The third-order valence-electron chi connectivity index (χ3n) is 9.60. The average molecular weight is 723 g/mol. The highest BCUT2D eigenvalue weighted by Gasteiger charge is 2.43. The van der Waals surface area contributed by atoms with Gasteiger partial charge in [-0.3, -0.25) is 4.79 Å². The predicted molar refractivity (Wildman–Crippen MR) is 198 cm³/mol. The number of rotatable bonds is 18. The van der Waals surface area contributed by atoms with Crippen LogP contribution in [0.5, 0.6) is 5.75 Å². The SMILES string of the molecule is CCOC(C)COCc1ccc([C@H]2C[C@H](CC(C)=O)N(S(=O)(=O)c3ccc(C)cc3)C[C@@H]2OCc2ccc3c(c2)N(CCCOC)CCO3)cc1. The first-order valence-corrected chi connectivity index (χ1v) is 19.5. The van der Waals surface area contributed by atoms with Crippen LogP contribution in [-0.2, 0) is 47.0 Å². The molecule has 0 saturated carbocycles. The number of ether oxygens (including phenoxy) is 5. The molecule has 51 heavy (non-hydrogen) atoms. The number of sulfonamides is 1. The molecule has 11 heteroatoms. The van der Waals surface area contributed by atoms with Gasteiger partial charge in [0, 0.05) is 51.8 Å². The van der Waals surface area contributed by atoms with E-state index < -0.39 is 22.2 Å². The third-order valence-corrected chi connectivity index (χ3v) is 11.5. The number of benzene rings is 3. The summed E-state index contributed by atoms with van der Waals surface area (Å²) in [4.78, 5) is 15.1. The van der Waals surface area contributed by atoms with Crippen LogP contribution in [0.2, 0.25) is 0 Å². The number of hydrogen-bond donors (Lipinski definition) is 0. The average Bonchev–Trinajstić information content (AvgIpc) is 3.11. The topological polar surface area (TPSA) is 104 Å². The molecule has 5 rings (SSSR count). The minimum absolute atomic E-state index is 0.0214. The van der Waals surface area contributed by atoms with Gasteiger partial charge in [0.1, 0.15) is 18.1 Å². The van der Waals surface area contributed by atoms with Crippen molar-refractivity contribution in [1.29, 1.82) is 0 Å². The number of hydrogen-bond acceptors (Lipinski definition) is 9. The van der Waals surface area contributed by atoms with Crippen molar-refractivity contribution in [3.63, 3.8) is 0 Å². The Balaban J connectivity index is 1.41. The van der Waals surface area contributed by atoms with Gasteiger partial charge >= 0.3 is 0 Å². The van der Waals surface area contributed by atoms with Crippen molar-refractivity contribution in [1.82, 2.24) is 4.31 Å². The summed E-state index contributed by atoms with van der Waals surface area (Å²) in [6, 6.07) is 20.7. The van der Waals surface area contributed by atoms with Crippen molar-refractivity contribution in [3.05, 3.63) is 89.0 Å². The summed E-state index contributed by atoms with van der Waals surface area (Å²) in [6.45, 7) is 12.4. The standard InChI is InChI=1S/C40H54N2O8S/c1-6-48-31(4)26-47-27-32-10-13-34(14-11-32)37-24-35(22-30(3)43)42(51(44,45)36-15-8-29(2)9-16-36)25-40(37)50-28-33-12-17-39-38(23-33)41(19-21-49-39)18-7-20-46-5/h8-17,23,31,35,37,40H,6-7,18-22,24-28H2,1-5H3/t31?,35-,37+,40-/m0/s1. The molecule has 2 heterocycles. The lowest BCUT2D eigenvalue weighted by atomic mass is 9.82. The van der Waals surface area contributed by atoms with Crippen molar-refractivity contribution in [2.45, 2.75) is 89.2 Å². The predicted octanol–water partition coefficient (Wildman–Crippen LogP) is 6.28. The Kier molecular flexibility index (Phi) is 14.1. The van der Waals surface area contributed by atoms with Gasteiger partial charge in [-0.1, -0.05) is 48.0 Å². The molecule has 278 valence electrons. The monoisotopic (exact) mass is 722 g/mol. The third kappa shape index (κ3) is 10.4. The first kappa shape index (κ1) is 38.9. The molecular formula is C40H54N2O8S. The molecular weight excluding hydrogens is 669 g/mol. The number of ketones is 1. The van der Waals surface area contributed by atoms with E-state index in [0.29, 0.717) is 46.1 Å². The maximum Gasteiger partial charge on any atom is 0.243 e. The summed E-state index contributed by atoms with van der Waals surface area (Å²) in [6.07, 6.45) is 1.04. The Morgan fingerprint density at radius 2 is 1.76 bits per heavy atom. The molecule has 1 saturated heterocycles. The van der Waals surface area contributed by atoms with Gasteiger partial charge in [-0.2, -0.15) is 4.31 Å². The number of Topliss-reactive ketones (excluding diaryl/α,β-unsaturated/α-hetero) is 1.